The lowest BCUT2D eigenvalue weighted by atomic mass is 9.87. The number of rotatable bonds is 9. The predicted octanol–water partition coefficient (Wildman–Crippen LogP) is 5.27. The van der Waals surface area contributed by atoms with Gasteiger partial charge in [0.15, 0.2) is 0 Å². The second-order valence-electron chi connectivity index (χ2n) is 11.2. The minimum atomic E-state index is -3.79. The van der Waals surface area contributed by atoms with E-state index in [4.69, 9.17) is 11.6 Å². The first kappa shape index (κ1) is 30.0. The largest absolute Gasteiger partial charge is 0.352 e. The van der Waals surface area contributed by atoms with Gasteiger partial charge in [-0.1, -0.05) is 82.0 Å². The number of hydrogen-bond donors (Lipinski definition) is 1. The minimum absolute atomic E-state index is 0.0817. The molecule has 0 aliphatic heterocycles. The first-order chi connectivity index (χ1) is 17.8. The second-order valence-corrected chi connectivity index (χ2v) is 13.5. The van der Waals surface area contributed by atoms with Crippen LogP contribution in [0.3, 0.4) is 0 Å². The fraction of sp³-hybridized carbons (Fsp3) is 0.517. The summed E-state index contributed by atoms with van der Waals surface area (Å²) in [5.41, 5.74) is 2.03. The van der Waals surface area contributed by atoms with Gasteiger partial charge in [-0.3, -0.25) is 13.9 Å². The maximum Gasteiger partial charge on any atom is 0.244 e. The number of halogens is 1. The Hall–Kier alpha value is -2.58. The summed E-state index contributed by atoms with van der Waals surface area (Å²) in [6.07, 6.45) is 6.22. The van der Waals surface area contributed by atoms with E-state index in [1.165, 1.54) is 4.90 Å². The Labute approximate surface area is 232 Å². The zero-order valence-electron chi connectivity index (χ0n) is 23.0. The Balaban J connectivity index is 1.89. The van der Waals surface area contributed by atoms with Crippen molar-refractivity contribution in [3.05, 3.63) is 64.7 Å². The van der Waals surface area contributed by atoms with Gasteiger partial charge in [0.1, 0.15) is 12.6 Å². The number of nitrogens with one attached hydrogen (secondary N) is 1. The van der Waals surface area contributed by atoms with Crippen LogP contribution in [-0.4, -0.2) is 50.0 Å². The average molecular weight is 562 g/mol. The molecule has 0 saturated heterocycles. The predicted molar refractivity (Wildman–Crippen MR) is 154 cm³/mol. The van der Waals surface area contributed by atoms with E-state index >= 15 is 0 Å². The molecule has 0 heterocycles. The normalized spacial score (nSPS) is 15.5. The quantitative estimate of drug-likeness (QED) is 0.452. The van der Waals surface area contributed by atoms with Crippen LogP contribution in [0, 0.1) is 0 Å². The molecule has 1 fully saturated rings. The fourth-order valence-electron chi connectivity index (χ4n) is 4.70. The molecule has 9 heteroatoms. The maximum atomic E-state index is 13.8. The topological polar surface area (TPSA) is 86.8 Å². The molecule has 2 aromatic carbocycles. The highest BCUT2D eigenvalue weighted by molar-refractivity contribution is 7.92. The van der Waals surface area contributed by atoms with E-state index in [1.807, 2.05) is 18.2 Å². The summed E-state index contributed by atoms with van der Waals surface area (Å²) in [6, 6.07) is 13.6. The van der Waals surface area contributed by atoms with Crippen molar-refractivity contribution in [2.75, 3.05) is 17.1 Å². The monoisotopic (exact) mass is 561 g/mol. The Morgan fingerprint density at radius 1 is 1.03 bits per heavy atom. The smallest absolute Gasteiger partial charge is 0.244 e. The van der Waals surface area contributed by atoms with E-state index in [9.17, 15) is 18.0 Å². The molecule has 2 amide bonds. The van der Waals surface area contributed by atoms with Crippen molar-refractivity contribution < 1.29 is 18.0 Å². The van der Waals surface area contributed by atoms with Crippen molar-refractivity contribution in [2.45, 2.75) is 83.8 Å². The van der Waals surface area contributed by atoms with Crippen molar-refractivity contribution in [2.24, 2.45) is 0 Å². The second kappa shape index (κ2) is 12.5. The van der Waals surface area contributed by atoms with Gasteiger partial charge in [-0.15, -0.1) is 0 Å². The first-order valence-corrected chi connectivity index (χ1v) is 15.4. The number of sulfonamides is 1. The highest BCUT2D eigenvalue weighted by Crippen LogP contribution is 2.27. The molecule has 0 spiro atoms. The third-order valence-electron chi connectivity index (χ3n) is 7.12. The number of nitrogens with zero attached hydrogens (tertiary/aromatic N) is 2. The van der Waals surface area contributed by atoms with Crippen LogP contribution in [-0.2, 0) is 31.6 Å². The van der Waals surface area contributed by atoms with E-state index in [1.54, 1.807) is 37.3 Å². The summed E-state index contributed by atoms with van der Waals surface area (Å²) in [5, 5.41) is 3.57. The van der Waals surface area contributed by atoms with Crippen LogP contribution >= 0.6 is 11.6 Å². The van der Waals surface area contributed by atoms with Gasteiger partial charge in [0.25, 0.3) is 0 Å². The van der Waals surface area contributed by atoms with Crippen LogP contribution in [0.15, 0.2) is 48.5 Å². The van der Waals surface area contributed by atoms with Crippen molar-refractivity contribution in [3.8, 4) is 0 Å². The van der Waals surface area contributed by atoms with E-state index in [0.717, 1.165) is 48.2 Å². The highest BCUT2D eigenvalue weighted by Gasteiger charge is 2.31. The summed E-state index contributed by atoms with van der Waals surface area (Å²) in [5.74, 6) is -0.737. The third kappa shape index (κ3) is 7.96. The highest BCUT2D eigenvalue weighted by atomic mass is 35.5. The Morgan fingerprint density at radius 3 is 2.18 bits per heavy atom. The lowest BCUT2D eigenvalue weighted by Crippen LogP contribution is -2.53. The lowest BCUT2D eigenvalue weighted by molar-refractivity contribution is -0.139. The minimum Gasteiger partial charge on any atom is -0.352 e. The van der Waals surface area contributed by atoms with E-state index in [0.29, 0.717) is 16.3 Å². The van der Waals surface area contributed by atoms with Gasteiger partial charge in [-0.25, -0.2) is 8.42 Å². The van der Waals surface area contributed by atoms with Gasteiger partial charge in [-0.2, -0.15) is 0 Å². The molecular weight excluding hydrogens is 522 g/mol. The van der Waals surface area contributed by atoms with Crippen LogP contribution < -0.4 is 9.62 Å². The van der Waals surface area contributed by atoms with Crippen molar-refractivity contribution in [1.29, 1.82) is 0 Å². The molecule has 38 heavy (non-hydrogen) atoms. The van der Waals surface area contributed by atoms with Gasteiger partial charge in [0.2, 0.25) is 21.8 Å². The molecule has 7 nitrogen and oxygen atoms in total. The van der Waals surface area contributed by atoms with E-state index < -0.39 is 28.5 Å². The molecule has 3 rings (SSSR count). The van der Waals surface area contributed by atoms with Crippen LogP contribution in [0.4, 0.5) is 5.69 Å². The molecule has 1 atom stereocenters. The maximum absolute atomic E-state index is 13.8. The third-order valence-corrected chi connectivity index (χ3v) is 8.63. The zero-order chi connectivity index (χ0) is 28.1. The Kier molecular flexibility index (Phi) is 9.87. The molecular formula is C29H40ClN3O4S. The number of carbonyl (C=O) groups is 2. The summed E-state index contributed by atoms with van der Waals surface area (Å²) in [7, 11) is -3.79. The fourth-order valence-corrected chi connectivity index (χ4v) is 5.75. The summed E-state index contributed by atoms with van der Waals surface area (Å²) < 4.78 is 26.7. The van der Waals surface area contributed by atoms with Crippen LogP contribution in [0.2, 0.25) is 5.02 Å². The molecule has 0 bridgehead atoms. The molecule has 1 aliphatic carbocycles. The van der Waals surface area contributed by atoms with Crippen molar-refractivity contribution in [1.82, 2.24) is 10.2 Å². The van der Waals surface area contributed by atoms with E-state index in [-0.39, 0.29) is 23.9 Å². The zero-order valence-corrected chi connectivity index (χ0v) is 24.6. The van der Waals surface area contributed by atoms with Gasteiger partial charge in [0, 0.05) is 17.6 Å². The Bertz CT molecular complexity index is 1220. The average Bonchev–Trinajstić information content (AvgIpc) is 2.85. The molecule has 1 N–H and O–H groups in total. The number of anilines is 1. The summed E-state index contributed by atoms with van der Waals surface area (Å²) >= 11 is 6.39. The van der Waals surface area contributed by atoms with Crippen LogP contribution in [0.25, 0.3) is 0 Å². The van der Waals surface area contributed by atoms with Crippen LogP contribution in [0.5, 0.6) is 0 Å². The molecule has 0 aromatic heterocycles. The first-order valence-electron chi connectivity index (χ1n) is 13.2. The molecule has 208 valence electrons. The van der Waals surface area contributed by atoms with Crippen molar-refractivity contribution >= 4 is 39.1 Å². The standard InChI is InChI=1S/C29H40ClN3O4S/c1-21(28(35)31-24-12-7-6-8-13-24)32(19-22-11-9-10-14-26(22)30)27(34)20-33(38(5,36)37)25-17-15-23(16-18-25)29(2,3)4/h9-11,14-18,21,24H,6-8,12-13,19-20H2,1-5H3,(H,31,35)/t21-/m0/s1. The van der Waals surface area contributed by atoms with Gasteiger partial charge < -0.3 is 10.2 Å². The lowest BCUT2D eigenvalue weighted by Gasteiger charge is -2.33. The molecule has 0 radical (unpaired) electrons. The summed E-state index contributed by atoms with van der Waals surface area (Å²) in [4.78, 5) is 28.4. The number of hydrogen-bond acceptors (Lipinski definition) is 4. The van der Waals surface area contributed by atoms with E-state index in [2.05, 4.69) is 26.1 Å². The molecule has 2 aromatic rings. The van der Waals surface area contributed by atoms with Crippen molar-refractivity contribution in [3.63, 3.8) is 0 Å². The number of benzene rings is 2. The van der Waals surface area contributed by atoms with Gasteiger partial charge in [0.05, 0.1) is 11.9 Å². The Morgan fingerprint density at radius 2 is 1.63 bits per heavy atom. The number of carbonyl (C=O) groups excluding carboxylic acids is 2. The van der Waals surface area contributed by atoms with Crippen LogP contribution in [0.1, 0.15) is 70.9 Å². The molecule has 1 aliphatic rings. The SMILES string of the molecule is C[C@@H](C(=O)NC1CCCCC1)N(Cc1ccccc1Cl)C(=O)CN(c1ccc(C(C)(C)C)cc1)S(C)(=O)=O. The molecule has 0 unspecified atom stereocenters. The summed E-state index contributed by atoms with van der Waals surface area (Å²) in [6.45, 7) is 7.55. The van der Waals surface area contributed by atoms with Gasteiger partial charge in [-0.05, 0) is 54.5 Å². The van der Waals surface area contributed by atoms with Gasteiger partial charge >= 0.3 is 0 Å². The molecule has 1 saturated carbocycles. The number of amides is 2.